The van der Waals surface area contributed by atoms with Gasteiger partial charge in [-0.05, 0) is 24.8 Å². The van der Waals surface area contributed by atoms with Crippen molar-refractivity contribution in [1.29, 1.82) is 0 Å². The van der Waals surface area contributed by atoms with Crippen LogP contribution >= 0.6 is 0 Å². The highest BCUT2D eigenvalue weighted by molar-refractivity contribution is 7.90. The molecule has 0 heterocycles. The number of halogens is 1. The van der Waals surface area contributed by atoms with Crippen molar-refractivity contribution in [2.45, 2.75) is 25.0 Å². The van der Waals surface area contributed by atoms with Gasteiger partial charge in [-0.1, -0.05) is 24.6 Å². The van der Waals surface area contributed by atoms with Crippen LogP contribution in [0.15, 0.2) is 24.3 Å². The Hall–Kier alpha value is -0.900. The van der Waals surface area contributed by atoms with Gasteiger partial charge in [0.05, 0.1) is 11.5 Å². The van der Waals surface area contributed by atoms with Gasteiger partial charge >= 0.3 is 0 Å². The second-order valence-corrected chi connectivity index (χ2v) is 6.55. The first-order valence-electron chi connectivity index (χ1n) is 5.51. The summed E-state index contributed by atoms with van der Waals surface area (Å²) in [5.41, 5.74) is 0.279. The van der Waals surface area contributed by atoms with E-state index in [0.717, 1.165) is 19.3 Å². The van der Waals surface area contributed by atoms with Crippen LogP contribution < -0.4 is 0 Å². The Labute approximate surface area is 95.4 Å². The van der Waals surface area contributed by atoms with Gasteiger partial charge < -0.3 is 0 Å². The van der Waals surface area contributed by atoms with Crippen LogP contribution in [0, 0.1) is 11.7 Å². The summed E-state index contributed by atoms with van der Waals surface area (Å²) in [5.74, 6) is -0.0891. The normalized spacial score (nSPS) is 17.1. The lowest BCUT2D eigenvalue weighted by Crippen LogP contribution is -2.23. The summed E-state index contributed by atoms with van der Waals surface area (Å²) in [6.45, 7) is 0. The minimum absolute atomic E-state index is 0.170. The van der Waals surface area contributed by atoms with Gasteiger partial charge in [0.2, 0.25) is 0 Å². The van der Waals surface area contributed by atoms with E-state index in [2.05, 4.69) is 0 Å². The predicted octanol–water partition coefficient (Wildman–Crippen LogP) is 2.54. The first kappa shape index (κ1) is 11.6. The van der Waals surface area contributed by atoms with Crippen LogP contribution in [0.2, 0.25) is 0 Å². The molecule has 1 aromatic rings. The molecular formula is C12H15FO2S. The maximum atomic E-state index is 13.3. The van der Waals surface area contributed by atoms with E-state index < -0.39 is 15.7 Å². The van der Waals surface area contributed by atoms with Crippen LogP contribution in [0.1, 0.15) is 24.8 Å². The first-order valence-corrected chi connectivity index (χ1v) is 7.33. The minimum Gasteiger partial charge on any atom is -0.228 e. The molecule has 0 spiro atoms. The highest BCUT2D eigenvalue weighted by Gasteiger charge is 2.25. The lowest BCUT2D eigenvalue weighted by Gasteiger charge is -2.24. The van der Waals surface area contributed by atoms with Crippen LogP contribution in [-0.4, -0.2) is 14.2 Å². The molecule has 2 rings (SSSR count). The molecule has 0 bridgehead atoms. The SMILES string of the molecule is O=S(=O)(Cc1ccccc1F)CC1CCC1. The Morgan fingerprint density at radius 3 is 2.50 bits per heavy atom. The van der Waals surface area contributed by atoms with Crippen LogP contribution in [0.3, 0.4) is 0 Å². The summed E-state index contributed by atoms with van der Waals surface area (Å²) in [4.78, 5) is 0. The summed E-state index contributed by atoms with van der Waals surface area (Å²) in [7, 11) is -3.16. The molecule has 1 fully saturated rings. The molecule has 1 aromatic carbocycles. The summed E-state index contributed by atoms with van der Waals surface area (Å²) >= 11 is 0. The molecule has 88 valence electrons. The second kappa shape index (κ2) is 4.53. The zero-order valence-corrected chi connectivity index (χ0v) is 9.84. The summed E-state index contributed by atoms with van der Waals surface area (Å²) in [6.07, 6.45) is 3.12. The van der Waals surface area contributed by atoms with Crippen molar-refractivity contribution in [3.05, 3.63) is 35.6 Å². The van der Waals surface area contributed by atoms with Crippen molar-refractivity contribution >= 4 is 9.84 Å². The van der Waals surface area contributed by atoms with E-state index >= 15 is 0 Å². The zero-order chi connectivity index (χ0) is 11.6. The van der Waals surface area contributed by atoms with E-state index in [1.54, 1.807) is 12.1 Å². The molecule has 0 N–H and O–H groups in total. The number of sulfone groups is 1. The molecule has 0 unspecified atom stereocenters. The van der Waals surface area contributed by atoms with Crippen LogP contribution in [0.5, 0.6) is 0 Å². The standard InChI is InChI=1S/C12H15FO2S/c13-12-7-2-1-6-11(12)9-16(14,15)8-10-4-3-5-10/h1-2,6-7,10H,3-5,8-9H2. The maximum Gasteiger partial charge on any atom is 0.154 e. The van der Waals surface area contributed by atoms with Crippen molar-refractivity contribution in [3.8, 4) is 0 Å². The van der Waals surface area contributed by atoms with Crippen LogP contribution in [0.25, 0.3) is 0 Å². The van der Waals surface area contributed by atoms with E-state index in [1.807, 2.05) is 0 Å². The number of hydrogen-bond acceptors (Lipinski definition) is 2. The fraction of sp³-hybridized carbons (Fsp3) is 0.500. The molecule has 0 saturated heterocycles. The van der Waals surface area contributed by atoms with Gasteiger partial charge in [0, 0.05) is 5.56 Å². The van der Waals surface area contributed by atoms with E-state index in [9.17, 15) is 12.8 Å². The van der Waals surface area contributed by atoms with Crippen LogP contribution in [0.4, 0.5) is 4.39 Å². The Morgan fingerprint density at radius 2 is 1.94 bits per heavy atom. The van der Waals surface area contributed by atoms with Crippen molar-refractivity contribution in [3.63, 3.8) is 0 Å². The molecule has 1 saturated carbocycles. The fourth-order valence-corrected chi connectivity index (χ4v) is 3.81. The zero-order valence-electron chi connectivity index (χ0n) is 9.02. The van der Waals surface area contributed by atoms with Crippen LogP contribution in [-0.2, 0) is 15.6 Å². The third-order valence-corrected chi connectivity index (χ3v) is 4.78. The van der Waals surface area contributed by atoms with Gasteiger partial charge in [0.1, 0.15) is 5.82 Å². The van der Waals surface area contributed by atoms with Gasteiger partial charge in [-0.25, -0.2) is 12.8 Å². The van der Waals surface area contributed by atoms with Gasteiger partial charge in [-0.2, -0.15) is 0 Å². The Bertz CT molecular complexity index is 464. The van der Waals surface area contributed by atoms with Gasteiger partial charge in [0.15, 0.2) is 9.84 Å². The Kier molecular flexibility index (Phi) is 3.28. The minimum atomic E-state index is -3.16. The van der Waals surface area contributed by atoms with Gasteiger partial charge in [-0.3, -0.25) is 0 Å². The number of hydrogen-bond donors (Lipinski definition) is 0. The largest absolute Gasteiger partial charge is 0.228 e. The molecule has 0 amide bonds. The molecule has 0 radical (unpaired) electrons. The highest BCUT2D eigenvalue weighted by Crippen LogP contribution is 2.28. The van der Waals surface area contributed by atoms with Crippen molar-refractivity contribution in [2.75, 3.05) is 5.75 Å². The summed E-state index contributed by atoms with van der Waals surface area (Å²) in [5, 5.41) is 0. The average molecular weight is 242 g/mol. The Morgan fingerprint density at radius 1 is 1.25 bits per heavy atom. The highest BCUT2D eigenvalue weighted by atomic mass is 32.2. The molecule has 0 aliphatic heterocycles. The summed E-state index contributed by atoms with van der Waals surface area (Å²) < 4.78 is 36.9. The van der Waals surface area contributed by atoms with E-state index in [-0.39, 0.29) is 17.1 Å². The molecule has 16 heavy (non-hydrogen) atoms. The molecule has 4 heteroatoms. The third kappa shape index (κ3) is 2.82. The molecule has 1 aliphatic carbocycles. The van der Waals surface area contributed by atoms with E-state index in [4.69, 9.17) is 0 Å². The quantitative estimate of drug-likeness (QED) is 0.813. The molecule has 2 nitrogen and oxygen atoms in total. The second-order valence-electron chi connectivity index (χ2n) is 4.44. The first-order chi connectivity index (χ1) is 7.57. The molecule has 1 aliphatic rings. The molecular weight excluding hydrogens is 227 g/mol. The predicted molar refractivity (Wildman–Crippen MR) is 61.2 cm³/mol. The van der Waals surface area contributed by atoms with Crippen molar-refractivity contribution in [2.24, 2.45) is 5.92 Å². The summed E-state index contributed by atoms with van der Waals surface area (Å²) in [6, 6.07) is 6.07. The van der Waals surface area contributed by atoms with Crippen molar-refractivity contribution in [1.82, 2.24) is 0 Å². The maximum absolute atomic E-state index is 13.3. The smallest absolute Gasteiger partial charge is 0.154 e. The van der Waals surface area contributed by atoms with E-state index in [0.29, 0.717) is 5.92 Å². The third-order valence-electron chi connectivity index (χ3n) is 3.05. The molecule has 0 atom stereocenters. The molecule has 0 aromatic heterocycles. The fourth-order valence-electron chi connectivity index (χ4n) is 1.93. The van der Waals surface area contributed by atoms with Gasteiger partial charge in [0.25, 0.3) is 0 Å². The number of rotatable bonds is 4. The Balaban J connectivity index is 2.05. The number of benzene rings is 1. The van der Waals surface area contributed by atoms with E-state index in [1.165, 1.54) is 12.1 Å². The lowest BCUT2D eigenvalue weighted by atomic mass is 9.87. The van der Waals surface area contributed by atoms with Gasteiger partial charge in [-0.15, -0.1) is 0 Å². The average Bonchev–Trinajstić information content (AvgIpc) is 2.16. The topological polar surface area (TPSA) is 34.1 Å². The van der Waals surface area contributed by atoms with Crippen molar-refractivity contribution < 1.29 is 12.8 Å². The lowest BCUT2D eigenvalue weighted by molar-refractivity contribution is 0.347. The monoisotopic (exact) mass is 242 g/mol.